The molecule has 0 aliphatic heterocycles. The van der Waals surface area contributed by atoms with Gasteiger partial charge in [0.2, 0.25) is 5.91 Å². The molecule has 82 valence electrons. The van der Waals surface area contributed by atoms with E-state index in [1.165, 1.54) is 0 Å². The average Bonchev–Trinajstić information content (AvgIpc) is 3.10. The predicted octanol–water partition coefficient (Wildman–Crippen LogP) is 1.27. The summed E-state index contributed by atoms with van der Waals surface area (Å²) in [6.07, 6.45) is 1.46. The molecule has 0 heterocycles. The van der Waals surface area contributed by atoms with Gasteiger partial charge in [-0.15, -0.1) is 0 Å². The number of carbonyl (C=O) groups is 1. The van der Waals surface area contributed by atoms with Gasteiger partial charge in [0.1, 0.15) is 0 Å². The molecule has 0 atom stereocenters. The van der Waals surface area contributed by atoms with Crippen LogP contribution in [0.3, 0.4) is 0 Å². The maximum absolute atomic E-state index is 11.8. The highest BCUT2D eigenvalue weighted by atomic mass is 16.3. The maximum atomic E-state index is 11.8. The Balaban J connectivity index is 2.10. The van der Waals surface area contributed by atoms with Crippen molar-refractivity contribution in [3.63, 3.8) is 0 Å². The minimum atomic E-state index is -0.581. The van der Waals surface area contributed by atoms with Crippen LogP contribution in [0.1, 0.15) is 18.4 Å². The highest BCUT2D eigenvalue weighted by Crippen LogP contribution is 2.45. The number of carbonyl (C=O) groups excluding carboxylic acids is 1. The van der Waals surface area contributed by atoms with E-state index in [1.54, 1.807) is 24.3 Å². The van der Waals surface area contributed by atoms with Crippen LogP contribution >= 0.6 is 0 Å². The quantitative estimate of drug-likeness (QED) is 0.799. The van der Waals surface area contributed by atoms with Gasteiger partial charge in [-0.25, -0.2) is 0 Å². The van der Waals surface area contributed by atoms with E-state index < -0.39 is 5.41 Å². The minimum Gasteiger partial charge on any atom is -0.395 e. The van der Waals surface area contributed by atoms with Gasteiger partial charge in [0.25, 0.3) is 0 Å². The molecule has 1 saturated carbocycles. The molecule has 2 N–H and O–H groups in total. The molecule has 2 rings (SSSR count). The summed E-state index contributed by atoms with van der Waals surface area (Å²) in [5, 5.41) is 20.5. The van der Waals surface area contributed by atoms with Crippen molar-refractivity contribution >= 4 is 11.6 Å². The maximum Gasteiger partial charge on any atom is 0.232 e. The van der Waals surface area contributed by atoms with Gasteiger partial charge in [0, 0.05) is 5.69 Å². The second kappa shape index (κ2) is 3.95. The summed E-state index contributed by atoms with van der Waals surface area (Å²) in [6.45, 7) is -0.114. The minimum absolute atomic E-state index is 0.114. The Hall–Kier alpha value is -1.86. The molecule has 16 heavy (non-hydrogen) atoms. The first-order chi connectivity index (χ1) is 7.70. The lowest BCUT2D eigenvalue weighted by Gasteiger charge is -2.12. The van der Waals surface area contributed by atoms with Crippen molar-refractivity contribution in [2.24, 2.45) is 5.41 Å². The van der Waals surface area contributed by atoms with Gasteiger partial charge in [-0.3, -0.25) is 4.79 Å². The number of nitrogens with one attached hydrogen (secondary N) is 1. The van der Waals surface area contributed by atoms with Gasteiger partial charge in [-0.05, 0) is 31.0 Å². The first-order valence-electron chi connectivity index (χ1n) is 5.13. The summed E-state index contributed by atoms with van der Waals surface area (Å²) in [5.74, 6) is -0.162. The van der Waals surface area contributed by atoms with Crippen LogP contribution in [0.25, 0.3) is 0 Å². The van der Waals surface area contributed by atoms with E-state index in [0.29, 0.717) is 11.3 Å². The molecule has 1 aromatic rings. The number of anilines is 1. The molecule has 1 amide bonds. The molecule has 0 saturated heterocycles. The zero-order chi connectivity index (χ0) is 11.6. The van der Waals surface area contributed by atoms with Crippen LogP contribution < -0.4 is 5.32 Å². The van der Waals surface area contributed by atoms with E-state index >= 15 is 0 Å². The normalized spacial score (nSPS) is 16.2. The molecule has 0 radical (unpaired) electrons. The number of nitriles is 1. The van der Waals surface area contributed by atoms with Crippen LogP contribution in [0, 0.1) is 16.7 Å². The number of rotatable bonds is 3. The third kappa shape index (κ3) is 1.90. The lowest BCUT2D eigenvalue weighted by Crippen LogP contribution is -2.27. The Kier molecular flexibility index (Phi) is 2.63. The largest absolute Gasteiger partial charge is 0.395 e. The smallest absolute Gasteiger partial charge is 0.232 e. The number of aliphatic hydroxyl groups excluding tert-OH is 1. The van der Waals surface area contributed by atoms with Gasteiger partial charge < -0.3 is 10.4 Å². The Morgan fingerprint density at radius 1 is 1.56 bits per heavy atom. The summed E-state index contributed by atoms with van der Waals surface area (Å²) in [6, 6.07) is 8.74. The summed E-state index contributed by atoms with van der Waals surface area (Å²) in [5.41, 5.74) is 0.526. The molecule has 0 aromatic heterocycles. The van der Waals surface area contributed by atoms with Crippen molar-refractivity contribution < 1.29 is 9.90 Å². The van der Waals surface area contributed by atoms with Crippen LogP contribution in [-0.2, 0) is 4.79 Å². The van der Waals surface area contributed by atoms with Gasteiger partial charge in [-0.2, -0.15) is 5.26 Å². The number of hydrogen-bond acceptors (Lipinski definition) is 3. The summed E-state index contributed by atoms with van der Waals surface area (Å²) >= 11 is 0. The summed E-state index contributed by atoms with van der Waals surface area (Å²) in [4.78, 5) is 11.8. The van der Waals surface area contributed by atoms with Crippen molar-refractivity contribution in [2.75, 3.05) is 11.9 Å². The van der Waals surface area contributed by atoms with Crippen molar-refractivity contribution in [1.82, 2.24) is 0 Å². The standard InChI is InChI=1S/C12H12N2O2/c13-7-9-2-1-3-10(6-9)14-11(16)12(8-15)4-5-12/h1-3,6,15H,4-5,8H2,(H,14,16). The number of nitrogens with zero attached hydrogens (tertiary/aromatic N) is 1. The van der Waals surface area contributed by atoms with Crippen molar-refractivity contribution in [1.29, 1.82) is 5.26 Å². The SMILES string of the molecule is N#Cc1cccc(NC(=O)C2(CO)CC2)c1. The number of hydrogen-bond donors (Lipinski definition) is 2. The fraction of sp³-hybridized carbons (Fsp3) is 0.333. The molecule has 1 aliphatic carbocycles. The fourth-order valence-electron chi connectivity index (χ4n) is 1.54. The van der Waals surface area contributed by atoms with Crippen LogP contribution in [0.2, 0.25) is 0 Å². The zero-order valence-corrected chi connectivity index (χ0v) is 8.73. The molecule has 0 bridgehead atoms. The molecular weight excluding hydrogens is 204 g/mol. The molecule has 4 heteroatoms. The van der Waals surface area contributed by atoms with E-state index in [4.69, 9.17) is 10.4 Å². The van der Waals surface area contributed by atoms with Crippen LogP contribution in [-0.4, -0.2) is 17.6 Å². The molecule has 1 aliphatic rings. The third-order valence-corrected chi connectivity index (χ3v) is 2.89. The average molecular weight is 216 g/mol. The molecule has 1 fully saturated rings. The third-order valence-electron chi connectivity index (χ3n) is 2.89. The first kappa shape index (κ1) is 10.7. The van der Waals surface area contributed by atoms with Crippen LogP contribution in [0.15, 0.2) is 24.3 Å². The first-order valence-corrected chi connectivity index (χ1v) is 5.13. The Morgan fingerprint density at radius 3 is 2.88 bits per heavy atom. The second-order valence-electron chi connectivity index (χ2n) is 4.09. The highest BCUT2D eigenvalue weighted by molar-refractivity contribution is 5.97. The van der Waals surface area contributed by atoms with Crippen molar-refractivity contribution in [3.05, 3.63) is 29.8 Å². The zero-order valence-electron chi connectivity index (χ0n) is 8.73. The monoisotopic (exact) mass is 216 g/mol. The van der Waals surface area contributed by atoms with Crippen LogP contribution in [0.5, 0.6) is 0 Å². The summed E-state index contributed by atoms with van der Waals surface area (Å²) in [7, 11) is 0. The second-order valence-corrected chi connectivity index (χ2v) is 4.09. The fourth-order valence-corrected chi connectivity index (χ4v) is 1.54. The predicted molar refractivity (Wildman–Crippen MR) is 58.5 cm³/mol. The Morgan fingerprint density at radius 2 is 2.31 bits per heavy atom. The lowest BCUT2D eigenvalue weighted by atomic mass is 10.1. The van der Waals surface area contributed by atoms with Gasteiger partial charge >= 0.3 is 0 Å². The highest BCUT2D eigenvalue weighted by Gasteiger charge is 2.49. The van der Waals surface area contributed by atoms with E-state index in [0.717, 1.165) is 12.8 Å². The summed E-state index contributed by atoms with van der Waals surface area (Å²) < 4.78 is 0. The van der Waals surface area contributed by atoms with E-state index in [2.05, 4.69) is 5.32 Å². The molecule has 4 nitrogen and oxygen atoms in total. The van der Waals surface area contributed by atoms with E-state index in [9.17, 15) is 4.79 Å². The number of amides is 1. The van der Waals surface area contributed by atoms with Gasteiger partial charge in [-0.1, -0.05) is 6.07 Å². The van der Waals surface area contributed by atoms with E-state index in [-0.39, 0.29) is 12.5 Å². The molecule has 0 unspecified atom stereocenters. The molecule has 1 aromatic carbocycles. The Bertz CT molecular complexity index is 458. The van der Waals surface area contributed by atoms with Gasteiger partial charge in [0.05, 0.1) is 23.7 Å². The Labute approximate surface area is 93.5 Å². The molecular formula is C12H12N2O2. The van der Waals surface area contributed by atoms with Crippen molar-refractivity contribution in [3.8, 4) is 6.07 Å². The topological polar surface area (TPSA) is 73.1 Å². The van der Waals surface area contributed by atoms with Gasteiger partial charge in [0.15, 0.2) is 0 Å². The van der Waals surface area contributed by atoms with Crippen LogP contribution in [0.4, 0.5) is 5.69 Å². The number of benzene rings is 1. The number of aliphatic hydroxyl groups is 1. The van der Waals surface area contributed by atoms with E-state index in [1.807, 2.05) is 6.07 Å². The lowest BCUT2D eigenvalue weighted by molar-refractivity contribution is -0.122. The molecule has 0 spiro atoms. The van der Waals surface area contributed by atoms with Crippen molar-refractivity contribution in [2.45, 2.75) is 12.8 Å².